The Morgan fingerprint density at radius 1 is 1.36 bits per heavy atom. The van der Waals surface area contributed by atoms with E-state index in [-0.39, 0.29) is 12.5 Å². The molecule has 1 heterocycles. The molecule has 22 heavy (non-hydrogen) atoms. The van der Waals surface area contributed by atoms with Crippen LogP contribution in [0.4, 0.5) is 0 Å². The smallest absolute Gasteiger partial charge is 0.323 e. The number of hydrogen-bond acceptors (Lipinski definition) is 4. The Hall–Kier alpha value is -2.83. The van der Waals surface area contributed by atoms with Gasteiger partial charge in [0.2, 0.25) is 0 Å². The van der Waals surface area contributed by atoms with Crippen molar-refractivity contribution in [1.82, 2.24) is 14.7 Å². The molecule has 116 valence electrons. The van der Waals surface area contributed by atoms with Gasteiger partial charge in [0.25, 0.3) is 5.91 Å². The van der Waals surface area contributed by atoms with Crippen LogP contribution in [0.2, 0.25) is 0 Å². The number of hydrogen-bond donors (Lipinski definition) is 1. The predicted molar refractivity (Wildman–Crippen MR) is 79.4 cm³/mol. The highest BCUT2D eigenvalue weighted by atomic mass is 16.5. The first-order chi connectivity index (χ1) is 10.5. The molecule has 0 aliphatic heterocycles. The lowest BCUT2D eigenvalue weighted by atomic mass is 10.2. The van der Waals surface area contributed by atoms with E-state index in [1.807, 2.05) is 18.2 Å². The minimum Gasteiger partial charge on any atom is -0.494 e. The molecule has 7 heteroatoms. The molecule has 0 atom stereocenters. The fraction of sp³-hybridized carbons (Fsp3) is 0.267. The summed E-state index contributed by atoms with van der Waals surface area (Å²) < 4.78 is 6.89. The molecule has 2 aromatic rings. The van der Waals surface area contributed by atoms with Crippen LogP contribution in [-0.2, 0) is 4.79 Å². The maximum atomic E-state index is 12.3. The number of para-hydroxylation sites is 2. The van der Waals surface area contributed by atoms with Crippen LogP contribution in [0.1, 0.15) is 16.1 Å². The molecule has 0 spiro atoms. The SMILES string of the molecule is COc1ccccc1-n1ncc(C(=O)N(C)CC(=O)O)c1C. The van der Waals surface area contributed by atoms with Crippen LogP contribution in [0.25, 0.3) is 5.69 Å². The molecule has 2 rings (SSSR count). The number of likely N-dealkylation sites (N-methyl/N-ethyl adjacent to an activating group) is 1. The van der Waals surface area contributed by atoms with Gasteiger partial charge in [-0.15, -0.1) is 0 Å². The van der Waals surface area contributed by atoms with Crippen LogP contribution < -0.4 is 4.74 Å². The lowest BCUT2D eigenvalue weighted by Crippen LogP contribution is -2.32. The zero-order chi connectivity index (χ0) is 16.3. The molecule has 0 radical (unpaired) electrons. The molecule has 1 N–H and O–H groups in total. The molecule has 0 saturated carbocycles. The van der Waals surface area contributed by atoms with Crippen LogP contribution in [0, 0.1) is 6.92 Å². The van der Waals surface area contributed by atoms with E-state index in [0.717, 1.165) is 4.90 Å². The average Bonchev–Trinajstić information content (AvgIpc) is 2.87. The first-order valence-corrected chi connectivity index (χ1v) is 6.61. The number of carboxylic acids is 1. The summed E-state index contributed by atoms with van der Waals surface area (Å²) in [7, 11) is 3.00. The highest BCUT2D eigenvalue weighted by molar-refractivity contribution is 5.96. The number of ether oxygens (including phenoxy) is 1. The van der Waals surface area contributed by atoms with E-state index >= 15 is 0 Å². The lowest BCUT2D eigenvalue weighted by Gasteiger charge is -2.14. The van der Waals surface area contributed by atoms with Gasteiger partial charge in [-0.05, 0) is 19.1 Å². The van der Waals surface area contributed by atoms with Crippen molar-refractivity contribution in [3.8, 4) is 11.4 Å². The Labute approximate surface area is 127 Å². The predicted octanol–water partition coefficient (Wildman–Crippen LogP) is 1.35. The number of carboxylic acid groups (broad SMARTS) is 1. The average molecular weight is 303 g/mol. The van der Waals surface area contributed by atoms with Gasteiger partial charge >= 0.3 is 5.97 Å². The Bertz CT molecular complexity index is 709. The third kappa shape index (κ3) is 2.93. The van der Waals surface area contributed by atoms with Crippen LogP contribution in [0.15, 0.2) is 30.5 Å². The zero-order valence-corrected chi connectivity index (χ0v) is 12.6. The lowest BCUT2D eigenvalue weighted by molar-refractivity contribution is -0.137. The minimum atomic E-state index is -1.06. The van der Waals surface area contributed by atoms with Crippen molar-refractivity contribution in [1.29, 1.82) is 0 Å². The van der Waals surface area contributed by atoms with Gasteiger partial charge in [0.1, 0.15) is 18.0 Å². The number of aliphatic carboxylic acids is 1. The van der Waals surface area contributed by atoms with E-state index in [2.05, 4.69) is 5.10 Å². The minimum absolute atomic E-state index is 0.356. The molecule has 0 aliphatic carbocycles. The second-order valence-electron chi connectivity index (χ2n) is 4.78. The molecule has 7 nitrogen and oxygen atoms in total. The van der Waals surface area contributed by atoms with Crippen LogP contribution in [0.3, 0.4) is 0 Å². The molecule has 0 unspecified atom stereocenters. The first kappa shape index (κ1) is 15.6. The van der Waals surface area contributed by atoms with E-state index < -0.39 is 5.97 Å². The van der Waals surface area contributed by atoms with Crippen molar-refractivity contribution in [3.05, 3.63) is 41.7 Å². The number of nitrogens with zero attached hydrogens (tertiary/aromatic N) is 3. The number of methoxy groups -OCH3 is 1. The molecule has 0 saturated heterocycles. The summed E-state index contributed by atoms with van der Waals surface area (Å²) in [4.78, 5) is 24.1. The highest BCUT2D eigenvalue weighted by Gasteiger charge is 2.21. The largest absolute Gasteiger partial charge is 0.494 e. The number of amides is 1. The van der Waals surface area contributed by atoms with E-state index in [4.69, 9.17) is 9.84 Å². The van der Waals surface area contributed by atoms with Crippen molar-refractivity contribution in [2.75, 3.05) is 20.7 Å². The molecule has 0 bridgehead atoms. The van der Waals surface area contributed by atoms with E-state index in [0.29, 0.717) is 22.7 Å². The normalized spacial score (nSPS) is 10.3. The van der Waals surface area contributed by atoms with Crippen molar-refractivity contribution in [2.24, 2.45) is 0 Å². The van der Waals surface area contributed by atoms with E-state index in [9.17, 15) is 9.59 Å². The van der Waals surface area contributed by atoms with Gasteiger partial charge in [0.15, 0.2) is 0 Å². The Morgan fingerprint density at radius 3 is 2.68 bits per heavy atom. The summed E-state index contributed by atoms with van der Waals surface area (Å²) in [6.07, 6.45) is 1.43. The monoisotopic (exact) mass is 303 g/mol. The number of aromatic nitrogens is 2. The summed E-state index contributed by atoms with van der Waals surface area (Å²) in [6.45, 7) is 1.39. The second-order valence-corrected chi connectivity index (χ2v) is 4.78. The molecule has 1 aromatic heterocycles. The van der Waals surface area contributed by atoms with Gasteiger partial charge in [0.05, 0.1) is 24.6 Å². The number of carbonyl (C=O) groups excluding carboxylic acids is 1. The quantitative estimate of drug-likeness (QED) is 0.901. The van der Waals surface area contributed by atoms with Crippen LogP contribution in [-0.4, -0.2) is 52.4 Å². The number of carbonyl (C=O) groups is 2. The summed E-state index contributed by atoms with van der Waals surface area (Å²) in [6, 6.07) is 7.31. The Morgan fingerprint density at radius 2 is 2.05 bits per heavy atom. The Kier molecular flexibility index (Phi) is 4.45. The molecule has 1 amide bonds. The Balaban J connectivity index is 2.37. The summed E-state index contributed by atoms with van der Waals surface area (Å²) in [5.41, 5.74) is 1.68. The van der Waals surface area contributed by atoms with E-state index in [1.54, 1.807) is 24.8 Å². The highest BCUT2D eigenvalue weighted by Crippen LogP contribution is 2.24. The topological polar surface area (TPSA) is 84.7 Å². The van der Waals surface area contributed by atoms with E-state index in [1.165, 1.54) is 13.2 Å². The van der Waals surface area contributed by atoms with Gasteiger partial charge in [-0.2, -0.15) is 5.10 Å². The van der Waals surface area contributed by atoms with Gasteiger partial charge in [-0.3, -0.25) is 9.59 Å². The maximum Gasteiger partial charge on any atom is 0.323 e. The standard InChI is InChI=1S/C15H17N3O4/c1-10-11(15(21)17(2)9-14(19)20)8-16-18(10)12-6-4-5-7-13(12)22-3/h4-8H,9H2,1-3H3,(H,19,20). The number of benzene rings is 1. The fourth-order valence-corrected chi connectivity index (χ4v) is 2.15. The zero-order valence-electron chi connectivity index (χ0n) is 12.6. The van der Waals surface area contributed by atoms with Crippen LogP contribution >= 0.6 is 0 Å². The summed E-state index contributed by atoms with van der Waals surface area (Å²) in [5, 5.41) is 13.0. The summed E-state index contributed by atoms with van der Waals surface area (Å²) >= 11 is 0. The van der Waals surface area contributed by atoms with Crippen molar-refractivity contribution in [2.45, 2.75) is 6.92 Å². The van der Waals surface area contributed by atoms with Crippen molar-refractivity contribution < 1.29 is 19.4 Å². The van der Waals surface area contributed by atoms with Crippen molar-refractivity contribution >= 4 is 11.9 Å². The number of rotatable bonds is 5. The maximum absolute atomic E-state index is 12.3. The van der Waals surface area contributed by atoms with Gasteiger partial charge in [0, 0.05) is 7.05 Å². The van der Waals surface area contributed by atoms with Gasteiger partial charge in [-0.1, -0.05) is 12.1 Å². The fourth-order valence-electron chi connectivity index (χ4n) is 2.15. The van der Waals surface area contributed by atoms with Gasteiger partial charge in [-0.25, -0.2) is 4.68 Å². The second kappa shape index (κ2) is 6.30. The molecule has 0 aliphatic rings. The molecular weight excluding hydrogens is 286 g/mol. The first-order valence-electron chi connectivity index (χ1n) is 6.61. The molecule has 0 fully saturated rings. The molecule has 1 aromatic carbocycles. The van der Waals surface area contributed by atoms with Gasteiger partial charge < -0.3 is 14.7 Å². The van der Waals surface area contributed by atoms with Crippen molar-refractivity contribution in [3.63, 3.8) is 0 Å². The summed E-state index contributed by atoms with van der Waals surface area (Å²) in [5.74, 6) is -0.821. The molecular formula is C15H17N3O4. The third-order valence-corrected chi connectivity index (χ3v) is 3.27. The third-order valence-electron chi connectivity index (χ3n) is 3.27. The van der Waals surface area contributed by atoms with Crippen LogP contribution in [0.5, 0.6) is 5.75 Å².